The van der Waals surface area contributed by atoms with Gasteiger partial charge in [0, 0.05) is 25.7 Å². The monoisotopic (exact) mass is 242 g/mol. The van der Waals surface area contributed by atoms with Gasteiger partial charge in [-0.1, -0.05) is 0 Å². The molecule has 1 unspecified atom stereocenters. The molecule has 5 heteroatoms. The third kappa shape index (κ3) is 3.33. The molecule has 2 saturated heterocycles. The molecule has 1 amide bonds. The topological polar surface area (TPSA) is 50.8 Å². The smallest absolute Gasteiger partial charge is 0.409 e. The van der Waals surface area contributed by atoms with Gasteiger partial charge in [0.1, 0.15) is 0 Å². The number of nitrogens with one attached hydrogen (secondary N) is 1. The average Bonchev–Trinajstić information content (AvgIpc) is 2.40. The van der Waals surface area contributed by atoms with E-state index in [4.69, 9.17) is 9.47 Å². The number of likely N-dealkylation sites (tertiary alicyclic amines) is 1. The molecule has 1 N–H and O–H groups in total. The zero-order valence-corrected chi connectivity index (χ0v) is 10.5. The highest BCUT2D eigenvalue weighted by atomic mass is 16.6. The molecular formula is C12H22N2O3. The van der Waals surface area contributed by atoms with Gasteiger partial charge in [0.05, 0.1) is 19.8 Å². The predicted octanol–water partition coefficient (Wildman–Crippen LogP) is 0.843. The highest BCUT2D eigenvalue weighted by molar-refractivity contribution is 5.67. The van der Waals surface area contributed by atoms with Crippen LogP contribution < -0.4 is 5.32 Å². The molecule has 0 aromatic heterocycles. The lowest BCUT2D eigenvalue weighted by Crippen LogP contribution is -2.50. The third-order valence-corrected chi connectivity index (χ3v) is 3.58. The number of ether oxygens (including phenoxy) is 2. The molecule has 0 spiro atoms. The Morgan fingerprint density at radius 1 is 1.47 bits per heavy atom. The van der Waals surface area contributed by atoms with Gasteiger partial charge in [0.15, 0.2) is 0 Å². The van der Waals surface area contributed by atoms with Crippen LogP contribution in [0.15, 0.2) is 0 Å². The van der Waals surface area contributed by atoms with E-state index in [1.54, 1.807) is 0 Å². The number of nitrogens with zero attached hydrogens (tertiary/aromatic N) is 1. The highest BCUT2D eigenvalue weighted by Crippen LogP contribution is 2.22. The van der Waals surface area contributed by atoms with Crippen LogP contribution in [0.1, 0.15) is 19.8 Å². The molecular weight excluding hydrogens is 220 g/mol. The minimum Gasteiger partial charge on any atom is -0.450 e. The molecule has 2 fully saturated rings. The van der Waals surface area contributed by atoms with Crippen molar-refractivity contribution in [2.75, 3.05) is 39.5 Å². The van der Waals surface area contributed by atoms with E-state index in [1.807, 2.05) is 11.8 Å². The molecule has 17 heavy (non-hydrogen) atoms. The quantitative estimate of drug-likeness (QED) is 0.779. The third-order valence-electron chi connectivity index (χ3n) is 3.58. The Hall–Kier alpha value is -0.810. The summed E-state index contributed by atoms with van der Waals surface area (Å²) in [6.45, 7) is 6.49. The molecule has 0 radical (unpaired) electrons. The second kappa shape index (κ2) is 6.21. The number of morpholine rings is 1. The van der Waals surface area contributed by atoms with Crippen molar-refractivity contribution < 1.29 is 14.3 Å². The Balaban J connectivity index is 1.75. The minimum absolute atomic E-state index is 0.168. The summed E-state index contributed by atoms with van der Waals surface area (Å²) in [6, 6.07) is 0.466. The standard InChI is InChI=1S/C12H22N2O3/c1-2-17-12(15)14-6-3-10(4-7-14)11-9-16-8-5-13-11/h10-11,13H,2-9H2,1H3. The summed E-state index contributed by atoms with van der Waals surface area (Å²) in [6.07, 6.45) is 1.92. The summed E-state index contributed by atoms with van der Waals surface area (Å²) in [5.41, 5.74) is 0. The van der Waals surface area contributed by atoms with Gasteiger partial charge in [-0.25, -0.2) is 4.79 Å². The molecule has 2 heterocycles. The summed E-state index contributed by atoms with van der Waals surface area (Å²) in [5.74, 6) is 0.626. The first-order valence-electron chi connectivity index (χ1n) is 6.54. The van der Waals surface area contributed by atoms with Crippen molar-refractivity contribution in [2.24, 2.45) is 5.92 Å². The maximum atomic E-state index is 11.5. The van der Waals surface area contributed by atoms with Crippen LogP contribution in [0, 0.1) is 5.92 Å². The second-order valence-electron chi connectivity index (χ2n) is 4.66. The molecule has 2 aliphatic rings. The van der Waals surface area contributed by atoms with Crippen molar-refractivity contribution >= 4 is 6.09 Å². The summed E-state index contributed by atoms with van der Waals surface area (Å²) < 4.78 is 10.5. The van der Waals surface area contributed by atoms with Crippen LogP contribution in [0.3, 0.4) is 0 Å². The maximum absolute atomic E-state index is 11.5. The number of piperidine rings is 1. The van der Waals surface area contributed by atoms with E-state index in [9.17, 15) is 4.79 Å². The van der Waals surface area contributed by atoms with Crippen LogP contribution in [0.25, 0.3) is 0 Å². The van der Waals surface area contributed by atoms with Crippen LogP contribution >= 0.6 is 0 Å². The van der Waals surface area contributed by atoms with Crippen molar-refractivity contribution in [1.29, 1.82) is 0 Å². The molecule has 5 nitrogen and oxygen atoms in total. The Morgan fingerprint density at radius 3 is 2.82 bits per heavy atom. The van der Waals surface area contributed by atoms with Crippen molar-refractivity contribution in [1.82, 2.24) is 10.2 Å². The highest BCUT2D eigenvalue weighted by Gasteiger charge is 2.29. The second-order valence-corrected chi connectivity index (χ2v) is 4.66. The van der Waals surface area contributed by atoms with Crippen molar-refractivity contribution in [3.05, 3.63) is 0 Å². The van der Waals surface area contributed by atoms with E-state index >= 15 is 0 Å². The fourth-order valence-electron chi connectivity index (χ4n) is 2.59. The van der Waals surface area contributed by atoms with E-state index in [0.717, 1.165) is 45.7 Å². The molecule has 0 aliphatic carbocycles. The Kier molecular flexibility index (Phi) is 4.62. The first kappa shape index (κ1) is 12.6. The van der Waals surface area contributed by atoms with Crippen LogP contribution in [-0.2, 0) is 9.47 Å². The number of carbonyl (C=O) groups is 1. The lowest BCUT2D eigenvalue weighted by molar-refractivity contribution is 0.0369. The Morgan fingerprint density at radius 2 is 2.24 bits per heavy atom. The van der Waals surface area contributed by atoms with Gasteiger partial charge >= 0.3 is 6.09 Å². The van der Waals surface area contributed by atoms with Gasteiger partial charge in [0.2, 0.25) is 0 Å². The first-order valence-corrected chi connectivity index (χ1v) is 6.54. The molecule has 98 valence electrons. The fraction of sp³-hybridized carbons (Fsp3) is 0.917. The van der Waals surface area contributed by atoms with E-state index in [2.05, 4.69) is 5.32 Å². The number of carbonyl (C=O) groups excluding carboxylic acids is 1. The van der Waals surface area contributed by atoms with E-state index in [0.29, 0.717) is 18.6 Å². The van der Waals surface area contributed by atoms with Crippen molar-refractivity contribution in [2.45, 2.75) is 25.8 Å². The summed E-state index contributed by atoms with van der Waals surface area (Å²) in [5, 5.41) is 3.50. The van der Waals surface area contributed by atoms with Gasteiger partial charge in [-0.15, -0.1) is 0 Å². The van der Waals surface area contributed by atoms with Crippen LogP contribution in [0.4, 0.5) is 4.79 Å². The van der Waals surface area contributed by atoms with E-state index < -0.39 is 0 Å². The largest absolute Gasteiger partial charge is 0.450 e. The first-order chi connectivity index (χ1) is 8.31. The normalized spacial score (nSPS) is 26.9. The average molecular weight is 242 g/mol. The molecule has 2 aliphatic heterocycles. The summed E-state index contributed by atoms with van der Waals surface area (Å²) >= 11 is 0. The maximum Gasteiger partial charge on any atom is 0.409 e. The van der Waals surface area contributed by atoms with Crippen LogP contribution in [0.2, 0.25) is 0 Å². The molecule has 2 rings (SSSR count). The summed E-state index contributed by atoms with van der Waals surface area (Å²) in [4.78, 5) is 13.4. The predicted molar refractivity (Wildman–Crippen MR) is 63.9 cm³/mol. The van der Waals surface area contributed by atoms with E-state index in [-0.39, 0.29) is 6.09 Å². The van der Waals surface area contributed by atoms with Crippen LogP contribution in [-0.4, -0.2) is 56.5 Å². The summed E-state index contributed by atoms with van der Waals surface area (Å²) in [7, 11) is 0. The van der Waals surface area contributed by atoms with Gasteiger partial charge in [0.25, 0.3) is 0 Å². The Labute approximate surface area is 102 Å². The number of hydrogen-bond donors (Lipinski definition) is 1. The number of hydrogen-bond acceptors (Lipinski definition) is 4. The zero-order chi connectivity index (χ0) is 12.1. The van der Waals surface area contributed by atoms with Gasteiger partial charge < -0.3 is 19.7 Å². The number of amides is 1. The molecule has 1 atom stereocenters. The van der Waals surface area contributed by atoms with E-state index in [1.165, 1.54) is 0 Å². The van der Waals surface area contributed by atoms with Gasteiger partial charge in [-0.3, -0.25) is 0 Å². The van der Waals surface area contributed by atoms with Crippen molar-refractivity contribution in [3.8, 4) is 0 Å². The fourth-order valence-corrected chi connectivity index (χ4v) is 2.59. The molecule has 0 aromatic carbocycles. The van der Waals surface area contributed by atoms with Gasteiger partial charge in [-0.05, 0) is 25.7 Å². The molecule has 0 saturated carbocycles. The molecule has 0 bridgehead atoms. The van der Waals surface area contributed by atoms with Crippen molar-refractivity contribution in [3.63, 3.8) is 0 Å². The van der Waals surface area contributed by atoms with Crippen LogP contribution in [0.5, 0.6) is 0 Å². The number of rotatable bonds is 2. The minimum atomic E-state index is -0.168. The zero-order valence-electron chi connectivity index (χ0n) is 10.5. The van der Waals surface area contributed by atoms with Gasteiger partial charge in [-0.2, -0.15) is 0 Å². The SMILES string of the molecule is CCOC(=O)N1CCC(C2COCCN2)CC1. The molecule has 0 aromatic rings. The lowest BCUT2D eigenvalue weighted by Gasteiger charge is -2.37. The lowest BCUT2D eigenvalue weighted by atomic mass is 9.89. The Bertz CT molecular complexity index is 246.